The molecule has 0 bridgehead atoms. The molecule has 2 aromatic heterocycles. The van der Waals surface area contributed by atoms with E-state index >= 15 is 0 Å². The third kappa shape index (κ3) is 4.27. The van der Waals surface area contributed by atoms with Crippen molar-refractivity contribution < 1.29 is 14.3 Å². The number of hydrogen-bond acceptors (Lipinski definition) is 6. The van der Waals surface area contributed by atoms with Crippen molar-refractivity contribution in [3.8, 4) is 6.01 Å². The van der Waals surface area contributed by atoms with Crippen molar-refractivity contribution in [2.75, 3.05) is 19.6 Å². The topological polar surface area (TPSA) is 88.5 Å². The Morgan fingerprint density at radius 2 is 1.93 bits per heavy atom. The highest BCUT2D eigenvalue weighted by atomic mass is 16.5. The predicted molar refractivity (Wildman–Crippen MR) is 100 cm³/mol. The normalized spacial score (nSPS) is 20.4. The lowest BCUT2D eigenvalue weighted by molar-refractivity contribution is -0.137. The van der Waals surface area contributed by atoms with Gasteiger partial charge in [-0.15, -0.1) is 0 Å². The van der Waals surface area contributed by atoms with Crippen LogP contribution in [0.4, 0.5) is 0 Å². The van der Waals surface area contributed by atoms with Crippen LogP contribution >= 0.6 is 0 Å². The Morgan fingerprint density at radius 3 is 2.64 bits per heavy atom. The molecule has 0 radical (unpaired) electrons. The van der Waals surface area contributed by atoms with Gasteiger partial charge in [-0.25, -0.2) is 9.97 Å². The zero-order chi connectivity index (χ0) is 19.3. The summed E-state index contributed by atoms with van der Waals surface area (Å²) in [5.74, 6) is -0.169. The molecule has 0 N–H and O–H groups in total. The van der Waals surface area contributed by atoms with Crippen molar-refractivity contribution in [2.45, 2.75) is 31.9 Å². The standard InChI is InChI=1S/C20H23N5O3/c26-18-11-16(14-25(18)13-15-3-1-6-21-12-15)19(27)24-9-4-17(5-10-24)28-20-22-7-2-8-23-20/h1-3,6-8,12,16-17H,4-5,9-11,13-14H2. The first kappa shape index (κ1) is 18.3. The number of carbonyl (C=O) groups excluding carboxylic acids is 2. The molecule has 8 nitrogen and oxygen atoms in total. The van der Waals surface area contributed by atoms with E-state index in [1.54, 1.807) is 35.8 Å². The number of nitrogens with zero attached hydrogens (tertiary/aromatic N) is 5. The van der Waals surface area contributed by atoms with Crippen LogP contribution in [0.2, 0.25) is 0 Å². The van der Waals surface area contributed by atoms with Crippen LogP contribution < -0.4 is 4.74 Å². The fraction of sp³-hybridized carbons (Fsp3) is 0.450. The van der Waals surface area contributed by atoms with Gasteiger partial charge < -0.3 is 14.5 Å². The van der Waals surface area contributed by atoms with Crippen LogP contribution in [0.1, 0.15) is 24.8 Å². The predicted octanol–water partition coefficient (Wildman–Crippen LogP) is 1.29. The Hall–Kier alpha value is -3.03. The van der Waals surface area contributed by atoms with E-state index < -0.39 is 0 Å². The molecule has 0 aliphatic carbocycles. The maximum absolute atomic E-state index is 12.9. The highest BCUT2D eigenvalue weighted by molar-refractivity contribution is 5.89. The van der Waals surface area contributed by atoms with Gasteiger partial charge in [0.05, 0.1) is 5.92 Å². The second kappa shape index (κ2) is 8.33. The lowest BCUT2D eigenvalue weighted by atomic mass is 10.0. The largest absolute Gasteiger partial charge is 0.460 e. The average molecular weight is 381 g/mol. The van der Waals surface area contributed by atoms with Crippen LogP contribution in [0.3, 0.4) is 0 Å². The van der Waals surface area contributed by atoms with Gasteiger partial charge >= 0.3 is 6.01 Å². The van der Waals surface area contributed by atoms with E-state index in [0.29, 0.717) is 32.2 Å². The van der Waals surface area contributed by atoms with Crippen LogP contribution in [0.15, 0.2) is 43.0 Å². The molecule has 2 aliphatic rings. The van der Waals surface area contributed by atoms with Crippen LogP contribution in [0.25, 0.3) is 0 Å². The minimum absolute atomic E-state index is 0.0127. The van der Waals surface area contributed by atoms with Gasteiger partial charge in [0.15, 0.2) is 0 Å². The van der Waals surface area contributed by atoms with Gasteiger partial charge in [-0.3, -0.25) is 14.6 Å². The van der Waals surface area contributed by atoms with Crippen molar-refractivity contribution in [3.05, 3.63) is 48.5 Å². The fourth-order valence-electron chi connectivity index (χ4n) is 3.75. The number of pyridine rings is 1. The minimum atomic E-state index is -0.265. The van der Waals surface area contributed by atoms with Gasteiger partial charge in [0.1, 0.15) is 6.10 Å². The molecule has 0 saturated carbocycles. The van der Waals surface area contributed by atoms with Gasteiger partial charge in [0.25, 0.3) is 0 Å². The first-order chi connectivity index (χ1) is 13.7. The van der Waals surface area contributed by atoms with Gasteiger partial charge in [-0.2, -0.15) is 0 Å². The number of rotatable bonds is 5. The van der Waals surface area contributed by atoms with E-state index in [-0.39, 0.29) is 30.3 Å². The Balaban J connectivity index is 1.28. The Labute approximate surface area is 163 Å². The average Bonchev–Trinajstić information content (AvgIpc) is 3.10. The van der Waals surface area contributed by atoms with Crippen LogP contribution in [0.5, 0.6) is 6.01 Å². The van der Waals surface area contributed by atoms with Crippen LogP contribution in [-0.4, -0.2) is 62.3 Å². The van der Waals surface area contributed by atoms with E-state index in [1.807, 2.05) is 17.0 Å². The van der Waals surface area contributed by atoms with Gasteiger partial charge in [0.2, 0.25) is 11.8 Å². The molecule has 1 atom stereocenters. The molecule has 0 aromatic carbocycles. The molecular formula is C20H23N5O3. The fourth-order valence-corrected chi connectivity index (χ4v) is 3.75. The van der Waals surface area contributed by atoms with E-state index in [1.165, 1.54) is 0 Å². The smallest absolute Gasteiger partial charge is 0.316 e. The summed E-state index contributed by atoms with van der Waals surface area (Å²) < 4.78 is 5.78. The molecule has 2 fully saturated rings. The molecule has 4 heterocycles. The number of likely N-dealkylation sites (tertiary alicyclic amines) is 2. The van der Waals surface area contributed by atoms with Crippen molar-refractivity contribution in [2.24, 2.45) is 5.92 Å². The highest BCUT2D eigenvalue weighted by Gasteiger charge is 2.37. The Morgan fingerprint density at radius 1 is 1.14 bits per heavy atom. The lowest BCUT2D eigenvalue weighted by Gasteiger charge is -2.33. The van der Waals surface area contributed by atoms with E-state index in [4.69, 9.17) is 4.74 Å². The number of ether oxygens (including phenoxy) is 1. The Bertz CT molecular complexity index is 809. The minimum Gasteiger partial charge on any atom is -0.460 e. The summed E-state index contributed by atoms with van der Waals surface area (Å²) in [5, 5.41) is 0. The van der Waals surface area contributed by atoms with Crippen LogP contribution in [0, 0.1) is 5.92 Å². The molecule has 28 heavy (non-hydrogen) atoms. The molecule has 1 unspecified atom stereocenters. The second-order valence-corrected chi connectivity index (χ2v) is 7.21. The summed E-state index contributed by atoms with van der Waals surface area (Å²) in [4.78, 5) is 41.1. The molecular weight excluding hydrogens is 358 g/mol. The van der Waals surface area contributed by atoms with Crippen LogP contribution in [-0.2, 0) is 16.1 Å². The molecule has 146 valence electrons. The monoisotopic (exact) mass is 381 g/mol. The molecule has 4 rings (SSSR count). The lowest BCUT2D eigenvalue weighted by Crippen LogP contribution is -2.45. The number of carbonyl (C=O) groups is 2. The van der Waals surface area contributed by atoms with Crippen molar-refractivity contribution in [1.82, 2.24) is 24.8 Å². The van der Waals surface area contributed by atoms with E-state index in [2.05, 4.69) is 15.0 Å². The van der Waals surface area contributed by atoms with Crippen molar-refractivity contribution in [3.63, 3.8) is 0 Å². The van der Waals surface area contributed by atoms with E-state index in [9.17, 15) is 9.59 Å². The number of amides is 2. The molecule has 2 saturated heterocycles. The summed E-state index contributed by atoms with van der Waals surface area (Å²) >= 11 is 0. The first-order valence-electron chi connectivity index (χ1n) is 9.58. The summed E-state index contributed by atoms with van der Waals surface area (Å²) in [7, 11) is 0. The van der Waals surface area contributed by atoms with Gasteiger partial charge in [-0.1, -0.05) is 6.07 Å². The summed E-state index contributed by atoms with van der Waals surface area (Å²) in [6.07, 6.45) is 8.54. The number of piperidine rings is 1. The van der Waals surface area contributed by atoms with Crippen molar-refractivity contribution >= 4 is 11.8 Å². The second-order valence-electron chi connectivity index (χ2n) is 7.21. The summed E-state index contributed by atoms with van der Waals surface area (Å²) in [6, 6.07) is 5.91. The molecule has 2 aromatic rings. The third-order valence-electron chi connectivity index (χ3n) is 5.23. The highest BCUT2D eigenvalue weighted by Crippen LogP contribution is 2.24. The number of aromatic nitrogens is 3. The maximum atomic E-state index is 12.9. The molecule has 2 amide bonds. The quantitative estimate of drug-likeness (QED) is 0.775. The summed E-state index contributed by atoms with van der Waals surface area (Å²) in [5.41, 5.74) is 0.977. The zero-order valence-corrected chi connectivity index (χ0v) is 15.6. The molecule has 8 heteroatoms. The van der Waals surface area contributed by atoms with E-state index in [0.717, 1.165) is 18.4 Å². The van der Waals surface area contributed by atoms with Gasteiger partial charge in [-0.05, 0) is 17.7 Å². The maximum Gasteiger partial charge on any atom is 0.316 e. The van der Waals surface area contributed by atoms with Gasteiger partial charge in [0, 0.05) is 70.2 Å². The Kier molecular flexibility index (Phi) is 5.45. The summed E-state index contributed by atoms with van der Waals surface area (Å²) in [6.45, 7) is 2.23. The molecule has 2 aliphatic heterocycles. The third-order valence-corrected chi connectivity index (χ3v) is 5.23. The first-order valence-corrected chi connectivity index (χ1v) is 9.58. The number of hydrogen-bond donors (Lipinski definition) is 0. The zero-order valence-electron chi connectivity index (χ0n) is 15.6. The molecule has 0 spiro atoms. The SMILES string of the molecule is O=C1CC(C(=O)N2CCC(Oc3ncccn3)CC2)CN1Cc1cccnc1. The van der Waals surface area contributed by atoms with Crippen molar-refractivity contribution in [1.29, 1.82) is 0 Å².